The minimum absolute atomic E-state index is 0.678. The predicted octanol–water partition coefficient (Wildman–Crippen LogP) is 0.165. The minimum Gasteiger partial charge on any atom is -0.438 e. The van der Waals surface area contributed by atoms with Gasteiger partial charge in [-0.05, 0) is 4.68 Å². The summed E-state index contributed by atoms with van der Waals surface area (Å²) in [5.41, 5.74) is 0. The molecule has 0 fully saturated rings. The van der Waals surface area contributed by atoms with Crippen molar-refractivity contribution < 1.29 is 9.42 Å². The van der Waals surface area contributed by atoms with Gasteiger partial charge in [0.2, 0.25) is 6.20 Å². The zero-order chi connectivity index (χ0) is 6.10. The highest BCUT2D eigenvalue weighted by Gasteiger charge is 2.12. The Hall–Kier alpha value is -1.25. The van der Waals surface area contributed by atoms with E-state index in [1.54, 1.807) is 0 Å². The van der Waals surface area contributed by atoms with Crippen LogP contribution in [-0.2, 0) is 0 Å². The number of fused-ring (bicyclic) bond motifs is 1. The van der Waals surface area contributed by atoms with E-state index in [9.17, 15) is 0 Å². The number of nitrogens with one attached hydrogen (secondary N) is 1. The Morgan fingerprint density at radius 3 is 3.56 bits per heavy atom. The minimum atomic E-state index is 0.678. The Morgan fingerprint density at radius 2 is 2.67 bits per heavy atom. The van der Waals surface area contributed by atoms with Crippen molar-refractivity contribution in [2.45, 2.75) is 0 Å². The molecule has 0 radical (unpaired) electrons. The summed E-state index contributed by atoms with van der Waals surface area (Å²) in [4.78, 5) is 0. The van der Waals surface area contributed by atoms with Crippen molar-refractivity contribution in [2.24, 2.45) is 0 Å². The van der Waals surface area contributed by atoms with E-state index >= 15 is 0 Å². The molecule has 0 bridgehead atoms. The second kappa shape index (κ2) is 1.62. The van der Waals surface area contributed by atoms with Gasteiger partial charge in [0.1, 0.15) is 6.61 Å². The Morgan fingerprint density at radius 1 is 1.67 bits per heavy atom. The molecule has 3 nitrogen and oxygen atoms in total. The molecule has 0 amide bonds. The van der Waals surface area contributed by atoms with Crippen LogP contribution in [-0.4, -0.2) is 11.7 Å². The molecule has 0 spiro atoms. The molecule has 3 heteroatoms. The molecule has 46 valence electrons. The van der Waals surface area contributed by atoms with Crippen molar-refractivity contribution in [2.75, 3.05) is 6.61 Å². The molecule has 0 saturated heterocycles. The molecule has 1 aliphatic rings. The molecule has 1 N–H and O–H groups in total. The van der Waals surface area contributed by atoms with Crippen LogP contribution in [0.1, 0.15) is 0 Å². The molecule has 1 aromatic heterocycles. The quantitative estimate of drug-likeness (QED) is 0.489. The van der Waals surface area contributed by atoms with Gasteiger partial charge in [-0.25, -0.2) is 0 Å². The summed E-state index contributed by atoms with van der Waals surface area (Å²) in [6.45, 7) is 0.678. The highest BCUT2D eigenvalue weighted by molar-refractivity contribution is 5.14. The van der Waals surface area contributed by atoms with Crippen molar-refractivity contribution in [3.05, 3.63) is 18.3 Å². The van der Waals surface area contributed by atoms with Crippen LogP contribution >= 0.6 is 0 Å². The molecule has 0 aliphatic carbocycles. The third-order valence-electron chi connectivity index (χ3n) is 1.26. The standard InChI is InChI=1S/C6H6N2O/c1-4-8-6(9-5-1)2-3-7-8/h1-4H,5H2/p+1. The average Bonchev–Trinajstić information content (AvgIpc) is 2.33. The molecule has 9 heavy (non-hydrogen) atoms. The van der Waals surface area contributed by atoms with E-state index in [1.807, 2.05) is 29.2 Å². The van der Waals surface area contributed by atoms with Gasteiger partial charge in [0.05, 0.1) is 12.3 Å². The lowest BCUT2D eigenvalue weighted by molar-refractivity contribution is -0.638. The first-order valence-electron chi connectivity index (χ1n) is 2.85. The van der Waals surface area contributed by atoms with Gasteiger partial charge in [0.15, 0.2) is 0 Å². The predicted molar refractivity (Wildman–Crippen MR) is 31.8 cm³/mol. The highest BCUT2D eigenvalue weighted by Crippen LogP contribution is 2.03. The van der Waals surface area contributed by atoms with Crippen molar-refractivity contribution >= 4 is 6.20 Å². The lowest BCUT2D eigenvalue weighted by atomic mass is 10.6. The van der Waals surface area contributed by atoms with E-state index in [4.69, 9.17) is 4.74 Å². The van der Waals surface area contributed by atoms with Gasteiger partial charge in [-0.15, -0.1) is 0 Å². The Balaban J connectivity index is 2.53. The molecule has 0 atom stereocenters. The first-order chi connectivity index (χ1) is 4.47. The fourth-order valence-corrected chi connectivity index (χ4v) is 0.849. The topological polar surface area (TPSA) is 28.9 Å². The van der Waals surface area contributed by atoms with Crippen LogP contribution in [0.5, 0.6) is 5.88 Å². The van der Waals surface area contributed by atoms with E-state index in [-0.39, 0.29) is 0 Å². The fourth-order valence-electron chi connectivity index (χ4n) is 0.849. The van der Waals surface area contributed by atoms with Crippen LogP contribution in [0.4, 0.5) is 0 Å². The van der Waals surface area contributed by atoms with E-state index in [0.717, 1.165) is 5.88 Å². The summed E-state index contributed by atoms with van der Waals surface area (Å²) in [6.07, 6.45) is 5.73. The third kappa shape index (κ3) is 0.614. The molecule has 0 saturated carbocycles. The molecule has 1 aliphatic heterocycles. The number of rotatable bonds is 0. The van der Waals surface area contributed by atoms with Gasteiger partial charge in [0.25, 0.3) is 0 Å². The van der Waals surface area contributed by atoms with Crippen LogP contribution in [0, 0.1) is 0 Å². The number of H-pyrrole nitrogens is 1. The molecule has 0 aromatic carbocycles. The zero-order valence-corrected chi connectivity index (χ0v) is 4.87. The highest BCUT2D eigenvalue weighted by atomic mass is 16.5. The summed E-state index contributed by atoms with van der Waals surface area (Å²) in [7, 11) is 0. The van der Waals surface area contributed by atoms with E-state index in [1.165, 1.54) is 0 Å². The molecule has 2 heterocycles. The van der Waals surface area contributed by atoms with Crippen LogP contribution < -0.4 is 9.42 Å². The number of hydrogen-bond donors (Lipinski definition) is 1. The fraction of sp³-hybridized carbons (Fsp3) is 0.167. The summed E-state index contributed by atoms with van der Waals surface area (Å²) < 4.78 is 7.03. The largest absolute Gasteiger partial charge is 0.438 e. The summed E-state index contributed by atoms with van der Waals surface area (Å²) in [5, 5.41) is 2.96. The summed E-state index contributed by atoms with van der Waals surface area (Å²) >= 11 is 0. The zero-order valence-electron chi connectivity index (χ0n) is 4.87. The normalized spacial score (nSPS) is 14.7. The van der Waals surface area contributed by atoms with Crippen LogP contribution in [0.2, 0.25) is 0 Å². The monoisotopic (exact) mass is 123 g/mol. The molecule has 0 unspecified atom stereocenters. The second-order valence-electron chi connectivity index (χ2n) is 1.87. The molecular formula is C6H7N2O+. The molecule has 2 rings (SSSR count). The van der Waals surface area contributed by atoms with Crippen molar-refractivity contribution in [1.82, 2.24) is 5.10 Å². The molecular weight excluding hydrogens is 116 g/mol. The maximum Gasteiger partial charge on any atom is 0.398 e. The Kier molecular flexibility index (Phi) is 0.828. The van der Waals surface area contributed by atoms with E-state index in [2.05, 4.69) is 5.10 Å². The second-order valence-corrected chi connectivity index (χ2v) is 1.87. The first-order valence-corrected chi connectivity index (χ1v) is 2.85. The smallest absolute Gasteiger partial charge is 0.398 e. The number of nitrogens with zero attached hydrogens (tertiary/aromatic N) is 1. The number of aromatic nitrogens is 2. The lowest BCUT2D eigenvalue weighted by Crippen LogP contribution is -2.32. The first kappa shape index (κ1) is 4.61. The van der Waals surface area contributed by atoms with Gasteiger partial charge < -0.3 is 4.74 Å². The SMILES string of the molecule is C1=C[n+]2[nH]ccc2OC1. The van der Waals surface area contributed by atoms with E-state index < -0.39 is 0 Å². The van der Waals surface area contributed by atoms with Crippen LogP contribution in [0.3, 0.4) is 0 Å². The summed E-state index contributed by atoms with van der Waals surface area (Å²) in [5.74, 6) is 0.873. The van der Waals surface area contributed by atoms with Crippen LogP contribution in [0.15, 0.2) is 18.3 Å². The number of aromatic amines is 1. The van der Waals surface area contributed by atoms with Gasteiger partial charge >= 0.3 is 5.88 Å². The van der Waals surface area contributed by atoms with Gasteiger partial charge in [0, 0.05) is 6.08 Å². The molecule has 1 aromatic rings. The van der Waals surface area contributed by atoms with Crippen LogP contribution in [0.25, 0.3) is 6.20 Å². The maximum absolute atomic E-state index is 5.21. The van der Waals surface area contributed by atoms with E-state index in [0.29, 0.717) is 6.61 Å². The van der Waals surface area contributed by atoms with Gasteiger partial charge in [-0.3, -0.25) is 0 Å². The Bertz CT molecular complexity index is 239. The summed E-state index contributed by atoms with van der Waals surface area (Å²) in [6, 6.07) is 1.89. The number of hydrogen-bond acceptors (Lipinski definition) is 1. The van der Waals surface area contributed by atoms with Crippen molar-refractivity contribution in [3.8, 4) is 5.88 Å². The van der Waals surface area contributed by atoms with Crippen molar-refractivity contribution in [3.63, 3.8) is 0 Å². The third-order valence-corrected chi connectivity index (χ3v) is 1.26. The maximum atomic E-state index is 5.21. The Labute approximate surface area is 52.6 Å². The van der Waals surface area contributed by atoms with Gasteiger partial charge in [-0.2, -0.15) is 5.10 Å². The lowest BCUT2D eigenvalue weighted by Gasteiger charge is -1.97. The number of ether oxygens (including phenoxy) is 1. The average molecular weight is 123 g/mol. The van der Waals surface area contributed by atoms with Gasteiger partial charge in [-0.1, -0.05) is 0 Å². The van der Waals surface area contributed by atoms with Crippen molar-refractivity contribution in [1.29, 1.82) is 0 Å².